The molecule has 1 aromatic carbocycles. The summed E-state index contributed by atoms with van der Waals surface area (Å²) in [5.74, 6) is 0.238. The van der Waals surface area contributed by atoms with Crippen molar-refractivity contribution < 1.29 is 0 Å². The van der Waals surface area contributed by atoms with E-state index in [0.29, 0.717) is 6.04 Å². The summed E-state index contributed by atoms with van der Waals surface area (Å²) in [5, 5.41) is 0. The maximum atomic E-state index is 11.8. The molecule has 1 saturated heterocycles. The third kappa shape index (κ3) is 3.35. The van der Waals surface area contributed by atoms with E-state index in [9.17, 15) is 4.79 Å². The monoisotopic (exact) mass is 299 g/mol. The van der Waals surface area contributed by atoms with E-state index in [2.05, 4.69) is 9.88 Å². The van der Waals surface area contributed by atoms with E-state index < -0.39 is 0 Å². The molecular weight excluding hydrogens is 278 g/mol. The number of rotatable bonds is 4. The van der Waals surface area contributed by atoms with Crippen molar-refractivity contribution in [3.63, 3.8) is 0 Å². The van der Waals surface area contributed by atoms with Gasteiger partial charge < -0.3 is 16.4 Å². The lowest BCUT2D eigenvalue weighted by Gasteiger charge is -2.15. The number of aromatic nitrogens is 2. The lowest BCUT2D eigenvalue weighted by molar-refractivity contribution is 0.339. The second-order valence-corrected chi connectivity index (χ2v) is 5.77. The van der Waals surface area contributed by atoms with Gasteiger partial charge in [0.05, 0.1) is 5.69 Å². The number of anilines is 1. The van der Waals surface area contributed by atoms with Crippen LogP contribution in [0, 0.1) is 0 Å². The second kappa shape index (κ2) is 6.29. The SMILES string of the molecule is Nc1ccn(-c2ccc(CCN3CCC(N)C3)cc2)c(=O)n1. The number of nitrogens with two attached hydrogens (primary N) is 2. The zero-order valence-corrected chi connectivity index (χ0v) is 12.5. The molecule has 6 nitrogen and oxygen atoms in total. The summed E-state index contributed by atoms with van der Waals surface area (Å²) in [6, 6.07) is 9.91. The van der Waals surface area contributed by atoms with Crippen molar-refractivity contribution in [2.45, 2.75) is 18.9 Å². The first-order valence-electron chi connectivity index (χ1n) is 7.54. The molecule has 0 amide bonds. The first kappa shape index (κ1) is 14.7. The molecule has 1 aliphatic heterocycles. The van der Waals surface area contributed by atoms with Crippen molar-refractivity contribution in [3.05, 3.63) is 52.6 Å². The Labute approximate surface area is 129 Å². The molecule has 1 fully saturated rings. The first-order chi connectivity index (χ1) is 10.6. The van der Waals surface area contributed by atoms with Gasteiger partial charge in [-0.2, -0.15) is 4.98 Å². The number of likely N-dealkylation sites (tertiary alicyclic amines) is 1. The van der Waals surface area contributed by atoms with Gasteiger partial charge in [-0.15, -0.1) is 0 Å². The highest BCUT2D eigenvalue weighted by atomic mass is 16.1. The molecule has 0 spiro atoms. The highest BCUT2D eigenvalue weighted by Gasteiger charge is 2.18. The van der Waals surface area contributed by atoms with Crippen molar-refractivity contribution in [1.29, 1.82) is 0 Å². The van der Waals surface area contributed by atoms with Crippen LogP contribution in [0.1, 0.15) is 12.0 Å². The Hall–Kier alpha value is -2.18. The molecule has 3 rings (SSSR count). The fourth-order valence-electron chi connectivity index (χ4n) is 2.79. The fraction of sp³-hybridized carbons (Fsp3) is 0.375. The smallest absolute Gasteiger partial charge is 0.354 e. The normalized spacial score (nSPS) is 18.7. The Morgan fingerprint density at radius 3 is 2.64 bits per heavy atom. The van der Waals surface area contributed by atoms with Gasteiger partial charge in [0.2, 0.25) is 0 Å². The Morgan fingerprint density at radius 2 is 2.00 bits per heavy atom. The predicted octanol–water partition coefficient (Wildman–Crippen LogP) is 0.390. The standard InChI is InChI=1S/C16H21N5O/c17-13-6-9-20(11-13)8-5-12-1-3-14(4-2-12)21-10-7-15(18)19-16(21)22/h1-4,7,10,13H,5-6,8-9,11,17H2,(H2,18,19,22). The Morgan fingerprint density at radius 1 is 1.23 bits per heavy atom. The highest BCUT2D eigenvalue weighted by molar-refractivity contribution is 5.36. The quantitative estimate of drug-likeness (QED) is 0.852. The predicted molar refractivity (Wildman–Crippen MR) is 87.0 cm³/mol. The fourth-order valence-corrected chi connectivity index (χ4v) is 2.79. The highest BCUT2D eigenvalue weighted by Crippen LogP contribution is 2.11. The van der Waals surface area contributed by atoms with E-state index in [4.69, 9.17) is 11.5 Å². The molecular formula is C16H21N5O. The molecule has 0 saturated carbocycles. The van der Waals surface area contributed by atoms with Crippen molar-refractivity contribution in [2.75, 3.05) is 25.4 Å². The number of hydrogen-bond acceptors (Lipinski definition) is 5. The summed E-state index contributed by atoms with van der Waals surface area (Å²) in [5.41, 5.74) is 13.1. The molecule has 22 heavy (non-hydrogen) atoms. The maximum Gasteiger partial charge on any atom is 0.354 e. The van der Waals surface area contributed by atoms with Crippen LogP contribution in [0.25, 0.3) is 5.69 Å². The second-order valence-electron chi connectivity index (χ2n) is 5.77. The van der Waals surface area contributed by atoms with Gasteiger partial charge in [0, 0.05) is 25.3 Å². The van der Waals surface area contributed by atoms with Crippen LogP contribution in [0.15, 0.2) is 41.3 Å². The third-order valence-corrected chi connectivity index (χ3v) is 4.07. The zero-order valence-electron chi connectivity index (χ0n) is 12.5. The van der Waals surface area contributed by atoms with Gasteiger partial charge in [-0.3, -0.25) is 4.57 Å². The van der Waals surface area contributed by atoms with Crippen LogP contribution in [0.5, 0.6) is 0 Å². The van der Waals surface area contributed by atoms with Crippen LogP contribution >= 0.6 is 0 Å². The van der Waals surface area contributed by atoms with E-state index in [1.807, 2.05) is 24.3 Å². The minimum atomic E-state index is -0.362. The van der Waals surface area contributed by atoms with Crippen molar-refractivity contribution in [3.8, 4) is 5.69 Å². The molecule has 1 unspecified atom stereocenters. The molecule has 1 aliphatic rings. The van der Waals surface area contributed by atoms with Gasteiger partial charge in [0.1, 0.15) is 5.82 Å². The molecule has 1 aromatic heterocycles. The number of nitrogen functional groups attached to an aromatic ring is 1. The molecule has 2 heterocycles. The molecule has 0 bridgehead atoms. The van der Waals surface area contributed by atoms with Crippen molar-refractivity contribution in [1.82, 2.24) is 14.5 Å². The average Bonchev–Trinajstić information content (AvgIpc) is 2.92. The van der Waals surface area contributed by atoms with Crippen LogP contribution in [-0.2, 0) is 6.42 Å². The van der Waals surface area contributed by atoms with E-state index in [-0.39, 0.29) is 11.5 Å². The molecule has 0 radical (unpaired) electrons. The van der Waals surface area contributed by atoms with E-state index >= 15 is 0 Å². The van der Waals surface area contributed by atoms with E-state index in [1.54, 1.807) is 12.3 Å². The summed E-state index contributed by atoms with van der Waals surface area (Å²) in [6.07, 6.45) is 3.72. The van der Waals surface area contributed by atoms with Crippen LogP contribution in [0.4, 0.5) is 5.82 Å². The van der Waals surface area contributed by atoms with E-state index in [1.165, 1.54) is 10.1 Å². The minimum Gasteiger partial charge on any atom is -0.383 e. The minimum absolute atomic E-state index is 0.238. The van der Waals surface area contributed by atoms with Gasteiger partial charge >= 0.3 is 5.69 Å². The Bertz CT molecular complexity index is 694. The lowest BCUT2D eigenvalue weighted by atomic mass is 10.1. The zero-order chi connectivity index (χ0) is 15.5. The Kier molecular flexibility index (Phi) is 4.22. The van der Waals surface area contributed by atoms with Crippen molar-refractivity contribution >= 4 is 5.82 Å². The maximum absolute atomic E-state index is 11.8. The summed E-state index contributed by atoms with van der Waals surface area (Å²) >= 11 is 0. The third-order valence-electron chi connectivity index (χ3n) is 4.07. The molecule has 2 aromatic rings. The van der Waals surface area contributed by atoms with E-state index in [0.717, 1.165) is 38.2 Å². The summed E-state index contributed by atoms with van der Waals surface area (Å²) in [6.45, 7) is 3.10. The lowest BCUT2D eigenvalue weighted by Crippen LogP contribution is -2.28. The van der Waals surface area contributed by atoms with Gasteiger partial charge in [-0.1, -0.05) is 12.1 Å². The van der Waals surface area contributed by atoms with Gasteiger partial charge in [-0.05, 0) is 43.1 Å². The average molecular weight is 299 g/mol. The van der Waals surface area contributed by atoms with Crippen LogP contribution < -0.4 is 17.2 Å². The largest absolute Gasteiger partial charge is 0.383 e. The number of hydrogen-bond donors (Lipinski definition) is 2. The molecule has 1 atom stereocenters. The topological polar surface area (TPSA) is 90.2 Å². The summed E-state index contributed by atoms with van der Waals surface area (Å²) < 4.78 is 1.49. The number of benzene rings is 1. The summed E-state index contributed by atoms with van der Waals surface area (Å²) in [7, 11) is 0. The Balaban J connectivity index is 1.66. The molecule has 116 valence electrons. The van der Waals surface area contributed by atoms with Gasteiger partial charge in [0.25, 0.3) is 0 Å². The number of nitrogens with zero attached hydrogens (tertiary/aromatic N) is 3. The molecule has 4 N–H and O–H groups in total. The van der Waals surface area contributed by atoms with Gasteiger partial charge in [0.15, 0.2) is 0 Å². The van der Waals surface area contributed by atoms with Gasteiger partial charge in [-0.25, -0.2) is 4.79 Å². The van der Waals surface area contributed by atoms with Crippen molar-refractivity contribution in [2.24, 2.45) is 5.73 Å². The molecule has 6 heteroatoms. The first-order valence-corrected chi connectivity index (χ1v) is 7.54. The molecule has 0 aliphatic carbocycles. The van der Waals surface area contributed by atoms with Crippen LogP contribution in [0.3, 0.4) is 0 Å². The summed E-state index contributed by atoms with van der Waals surface area (Å²) in [4.78, 5) is 17.9. The van der Waals surface area contributed by atoms with Crippen LogP contribution in [-0.4, -0.2) is 40.1 Å². The van der Waals surface area contributed by atoms with Crippen LogP contribution in [0.2, 0.25) is 0 Å².